The Kier molecular flexibility index (Phi) is 7.47. The lowest BCUT2D eigenvalue weighted by Crippen LogP contribution is -2.41. The molecule has 0 atom stereocenters. The largest absolute Gasteiger partial charge is 0.496 e. The van der Waals surface area contributed by atoms with Crippen molar-refractivity contribution in [2.75, 3.05) is 0 Å². The molecule has 1 aliphatic rings. The van der Waals surface area contributed by atoms with Crippen molar-refractivity contribution in [2.24, 2.45) is 0 Å². The highest BCUT2D eigenvalue weighted by Gasteiger charge is 2.52. The summed E-state index contributed by atoms with van der Waals surface area (Å²) in [6.45, 7) is 8.53. The van der Waals surface area contributed by atoms with Crippen LogP contribution >= 0.6 is 0 Å². The van der Waals surface area contributed by atoms with Crippen molar-refractivity contribution in [2.45, 2.75) is 38.9 Å². The Morgan fingerprint density at radius 1 is 0.353 bits per heavy atom. The Balaban J connectivity index is 1.34. The van der Waals surface area contributed by atoms with Gasteiger partial charge in [-0.1, -0.05) is 146 Å². The fraction of sp³-hybridized carbons (Fsp3) is 0.125. The van der Waals surface area contributed by atoms with Gasteiger partial charge in [0.25, 0.3) is 0 Å². The first-order valence-corrected chi connectivity index (χ1v) is 17.9. The second-order valence-electron chi connectivity index (χ2n) is 14.8. The van der Waals surface area contributed by atoms with Gasteiger partial charge in [0.1, 0.15) is 0 Å². The van der Waals surface area contributed by atoms with Crippen LogP contribution in [0.5, 0.6) is 0 Å². The minimum Gasteiger partial charge on any atom is -0.399 e. The summed E-state index contributed by atoms with van der Waals surface area (Å²) in [7, 11) is -0.535. The molecule has 0 spiro atoms. The van der Waals surface area contributed by atoms with Gasteiger partial charge >= 0.3 is 7.12 Å². The molecule has 246 valence electrons. The van der Waals surface area contributed by atoms with Gasteiger partial charge in [-0.2, -0.15) is 0 Å². The topological polar surface area (TPSA) is 18.5 Å². The molecule has 0 aromatic heterocycles. The third kappa shape index (κ3) is 5.45. The standard InChI is InChI=1S/C48H39BO2/c1-47(2)48(3,4)51-49(50-47)46-42-28-26-40(38-24-21-34-17-11-12-18-37(34)29-38)30-43(42)45(36-22-19-35(20-23-36)32-13-7-5-8-14-32)41-27-25-39(31-44(41)46)33-15-9-6-10-16-33/h5-31H,1-4H3. The van der Waals surface area contributed by atoms with Crippen molar-refractivity contribution in [1.82, 2.24) is 0 Å². The maximum atomic E-state index is 6.86. The van der Waals surface area contributed by atoms with Crippen LogP contribution in [-0.4, -0.2) is 18.3 Å². The number of hydrogen-bond acceptors (Lipinski definition) is 2. The summed E-state index contributed by atoms with van der Waals surface area (Å²) >= 11 is 0. The predicted octanol–water partition coefficient (Wildman–Crippen LogP) is 12.1. The van der Waals surface area contributed by atoms with Gasteiger partial charge in [-0.25, -0.2) is 0 Å². The van der Waals surface area contributed by atoms with Crippen LogP contribution in [0.25, 0.3) is 76.8 Å². The van der Waals surface area contributed by atoms with Gasteiger partial charge in [0.15, 0.2) is 0 Å². The van der Waals surface area contributed by atoms with Crippen molar-refractivity contribution in [3.05, 3.63) is 164 Å². The summed E-state index contributed by atoms with van der Waals surface area (Å²) in [4.78, 5) is 0. The number of benzene rings is 8. The van der Waals surface area contributed by atoms with E-state index in [1.807, 2.05) is 0 Å². The van der Waals surface area contributed by atoms with Crippen LogP contribution in [0.2, 0.25) is 0 Å². The molecule has 0 radical (unpaired) electrons. The number of rotatable bonds is 5. The molecule has 0 amide bonds. The van der Waals surface area contributed by atoms with Crippen LogP contribution in [0.1, 0.15) is 27.7 Å². The van der Waals surface area contributed by atoms with Crippen molar-refractivity contribution < 1.29 is 9.31 Å². The van der Waals surface area contributed by atoms with E-state index >= 15 is 0 Å². The molecule has 0 aliphatic carbocycles. The third-order valence-electron chi connectivity index (χ3n) is 11.1. The zero-order valence-electron chi connectivity index (χ0n) is 29.5. The number of fused-ring (bicyclic) bond motifs is 3. The molecular weight excluding hydrogens is 619 g/mol. The summed E-state index contributed by atoms with van der Waals surface area (Å²) in [5.74, 6) is 0. The molecule has 0 bridgehead atoms. The van der Waals surface area contributed by atoms with E-state index in [4.69, 9.17) is 9.31 Å². The molecule has 3 heteroatoms. The summed E-state index contributed by atoms with van der Waals surface area (Å²) in [6.07, 6.45) is 0. The molecule has 0 saturated carbocycles. The molecule has 0 N–H and O–H groups in total. The first-order chi connectivity index (χ1) is 24.8. The molecule has 8 aromatic carbocycles. The van der Waals surface area contributed by atoms with Crippen molar-refractivity contribution in [3.63, 3.8) is 0 Å². The summed E-state index contributed by atoms with van der Waals surface area (Å²) in [6, 6.07) is 59.4. The fourth-order valence-corrected chi connectivity index (χ4v) is 7.61. The molecule has 1 saturated heterocycles. The third-order valence-corrected chi connectivity index (χ3v) is 11.1. The lowest BCUT2D eigenvalue weighted by atomic mass is 9.71. The average Bonchev–Trinajstić information content (AvgIpc) is 3.39. The van der Waals surface area contributed by atoms with E-state index in [9.17, 15) is 0 Å². The van der Waals surface area contributed by atoms with Crippen molar-refractivity contribution in [1.29, 1.82) is 0 Å². The quantitative estimate of drug-likeness (QED) is 0.135. The first kappa shape index (κ1) is 31.5. The van der Waals surface area contributed by atoms with Gasteiger partial charge in [-0.05, 0) is 128 Å². The lowest BCUT2D eigenvalue weighted by molar-refractivity contribution is 0.00578. The molecule has 0 unspecified atom stereocenters. The molecule has 1 fully saturated rings. The highest BCUT2D eigenvalue weighted by molar-refractivity contribution is 6.69. The monoisotopic (exact) mass is 658 g/mol. The second kappa shape index (κ2) is 12.1. The summed E-state index contributed by atoms with van der Waals surface area (Å²) in [5, 5.41) is 7.11. The zero-order chi connectivity index (χ0) is 34.7. The van der Waals surface area contributed by atoms with Gasteiger partial charge < -0.3 is 9.31 Å². The van der Waals surface area contributed by atoms with E-state index in [1.54, 1.807) is 0 Å². The molecular formula is C48H39BO2. The second-order valence-corrected chi connectivity index (χ2v) is 14.8. The highest BCUT2D eigenvalue weighted by atomic mass is 16.7. The molecule has 8 aromatic rings. The average molecular weight is 659 g/mol. The minimum absolute atomic E-state index is 0.482. The smallest absolute Gasteiger partial charge is 0.399 e. The Labute approximate surface area is 300 Å². The molecule has 2 nitrogen and oxygen atoms in total. The Bertz CT molecular complexity index is 2550. The van der Waals surface area contributed by atoms with E-state index < -0.39 is 18.3 Å². The maximum absolute atomic E-state index is 6.86. The Morgan fingerprint density at radius 3 is 1.47 bits per heavy atom. The van der Waals surface area contributed by atoms with Crippen LogP contribution in [0.4, 0.5) is 0 Å². The Hall–Kier alpha value is -5.48. The first-order valence-electron chi connectivity index (χ1n) is 17.9. The minimum atomic E-state index is -0.535. The molecule has 1 heterocycles. The van der Waals surface area contributed by atoms with E-state index in [0.717, 1.165) is 16.2 Å². The molecule has 51 heavy (non-hydrogen) atoms. The van der Waals surface area contributed by atoms with Crippen LogP contribution in [0.15, 0.2) is 164 Å². The van der Waals surface area contributed by atoms with E-state index in [-0.39, 0.29) is 0 Å². The fourth-order valence-electron chi connectivity index (χ4n) is 7.61. The van der Waals surface area contributed by atoms with Crippen LogP contribution in [0, 0.1) is 0 Å². The molecule has 9 rings (SSSR count). The van der Waals surface area contributed by atoms with Crippen LogP contribution in [-0.2, 0) is 9.31 Å². The lowest BCUT2D eigenvalue weighted by Gasteiger charge is -2.32. The van der Waals surface area contributed by atoms with E-state index in [1.165, 1.54) is 66.1 Å². The maximum Gasteiger partial charge on any atom is 0.496 e. The van der Waals surface area contributed by atoms with Gasteiger partial charge in [-0.15, -0.1) is 0 Å². The van der Waals surface area contributed by atoms with Crippen molar-refractivity contribution in [3.8, 4) is 44.5 Å². The van der Waals surface area contributed by atoms with Gasteiger partial charge in [0.2, 0.25) is 0 Å². The van der Waals surface area contributed by atoms with E-state index in [0.29, 0.717) is 0 Å². The predicted molar refractivity (Wildman–Crippen MR) is 216 cm³/mol. The van der Waals surface area contributed by atoms with Crippen LogP contribution < -0.4 is 5.46 Å². The van der Waals surface area contributed by atoms with Crippen molar-refractivity contribution >= 4 is 44.9 Å². The van der Waals surface area contributed by atoms with Gasteiger partial charge in [0.05, 0.1) is 11.2 Å². The van der Waals surface area contributed by atoms with E-state index in [2.05, 4.69) is 191 Å². The zero-order valence-corrected chi connectivity index (χ0v) is 29.5. The highest BCUT2D eigenvalue weighted by Crippen LogP contribution is 2.43. The van der Waals surface area contributed by atoms with Gasteiger partial charge in [-0.3, -0.25) is 0 Å². The SMILES string of the molecule is CC1(C)OB(c2c3cc(-c4ccccc4)ccc3c(-c3ccc(-c4ccccc4)cc3)c3cc(-c4ccc5ccccc5c4)ccc23)OC1(C)C. The van der Waals surface area contributed by atoms with Crippen LogP contribution in [0.3, 0.4) is 0 Å². The number of hydrogen-bond donors (Lipinski definition) is 0. The molecule has 1 aliphatic heterocycles. The summed E-state index contributed by atoms with van der Waals surface area (Å²) in [5.41, 5.74) is 9.62. The van der Waals surface area contributed by atoms with Gasteiger partial charge in [0, 0.05) is 0 Å². The summed E-state index contributed by atoms with van der Waals surface area (Å²) < 4.78 is 13.7. The normalized spacial score (nSPS) is 15.2. The Morgan fingerprint density at radius 2 is 0.804 bits per heavy atom.